The number of ether oxygens (including phenoxy) is 1. The summed E-state index contributed by atoms with van der Waals surface area (Å²) >= 11 is 5.79. The Kier molecular flexibility index (Phi) is 4.54. The minimum atomic E-state index is -0.821. The molecule has 1 aromatic heterocycles. The molecular weight excluding hydrogens is 242 g/mol. The number of esters is 1. The van der Waals surface area contributed by atoms with E-state index in [4.69, 9.17) is 16.3 Å². The molecule has 0 spiro atoms. The second-order valence-electron chi connectivity index (χ2n) is 4.48. The first-order valence-corrected chi connectivity index (χ1v) is 5.79. The molecule has 0 aromatic carbocycles. The van der Waals surface area contributed by atoms with E-state index < -0.39 is 5.54 Å². The zero-order valence-electron chi connectivity index (χ0n) is 10.5. The molecule has 0 aliphatic carbocycles. The maximum Gasteiger partial charge on any atom is 0.327 e. The summed E-state index contributed by atoms with van der Waals surface area (Å²) in [6.07, 6.45) is 3.21. The van der Waals surface area contributed by atoms with Crippen LogP contribution >= 0.6 is 11.6 Å². The van der Waals surface area contributed by atoms with E-state index in [1.807, 2.05) is 13.8 Å². The van der Waals surface area contributed by atoms with Gasteiger partial charge in [0.2, 0.25) is 0 Å². The summed E-state index contributed by atoms with van der Waals surface area (Å²) in [6, 6.07) is 0.158. The predicted octanol–water partition coefficient (Wildman–Crippen LogP) is 1.47. The molecule has 1 aromatic rings. The van der Waals surface area contributed by atoms with E-state index in [0.717, 1.165) is 0 Å². The second-order valence-corrected chi connectivity index (χ2v) is 4.92. The van der Waals surface area contributed by atoms with Crippen molar-refractivity contribution in [1.29, 1.82) is 0 Å². The molecule has 0 bridgehead atoms. The highest BCUT2D eigenvalue weighted by Gasteiger charge is 2.35. The highest BCUT2D eigenvalue weighted by molar-refractivity contribution is 6.30. The summed E-state index contributed by atoms with van der Waals surface area (Å²) in [6.45, 7) is 6.09. The molecule has 1 atom stereocenters. The molecule has 0 amide bonds. The standard InChI is InChI=1S/C11H18ClN3O2/c1-8(2)14-11(3,10(16)17-4)7-15-6-9(12)5-13-15/h5-6,8,14H,7H2,1-4H3. The van der Waals surface area contributed by atoms with Gasteiger partial charge in [-0.15, -0.1) is 0 Å². The number of rotatable bonds is 5. The Hall–Kier alpha value is -1.07. The number of halogens is 1. The third kappa shape index (κ3) is 3.71. The minimum Gasteiger partial charge on any atom is -0.468 e. The lowest BCUT2D eigenvalue weighted by atomic mass is 10.0. The fraction of sp³-hybridized carbons (Fsp3) is 0.636. The monoisotopic (exact) mass is 259 g/mol. The predicted molar refractivity (Wildman–Crippen MR) is 65.9 cm³/mol. The fourth-order valence-corrected chi connectivity index (χ4v) is 1.94. The van der Waals surface area contributed by atoms with Crippen molar-refractivity contribution in [1.82, 2.24) is 15.1 Å². The molecule has 0 fully saturated rings. The number of nitrogens with one attached hydrogen (secondary N) is 1. The van der Waals surface area contributed by atoms with E-state index in [1.165, 1.54) is 13.3 Å². The largest absolute Gasteiger partial charge is 0.468 e. The van der Waals surface area contributed by atoms with Crippen LogP contribution in [0.15, 0.2) is 12.4 Å². The summed E-state index contributed by atoms with van der Waals surface area (Å²) in [5.74, 6) is -0.321. The van der Waals surface area contributed by atoms with Crippen molar-refractivity contribution in [3.05, 3.63) is 17.4 Å². The number of hydrogen-bond donors (Lipinski definition) is 1. The summed E-state index contributed by atoms with van der Waals surface area (Å²) in [5, 5.41) is 7.79. The van der Waals surface area contributed by atoms with Gasteiger partial charge in [-0.1, -0.05) is 11.6 Å². The van der Waals surface area contributed by atoms with Crippen molar-refractivity contribution in [2.45, 2.75) is 38.9 Å². The normalized spacial score (nSPS) is 14.7. The molecule has 0 saturated carbocycles. The van der Waals surface area contributed by atoms with Crippen molar-refractivity contribution in [3.63, 3.8) is 0 Å². The Balaban J connectivity index is 2.87. The van der Waals surface area contributed by atoms with Gasteiger partial charge in [0, 0.05) is 12.2 Å². The summed E-state index contributed by atoms with van der Waals surface area (Å²) in [4.78, 5) is 11.8. The molecule has 0 aliphatic heterocycles. The highest BCUT2D eigenvalue weighted by atomic mass is 35.5. The highest BCUT2D eigenvalue weighted by Crippen LogP contribution is 2.13. The maximum atomic E-state index is 11.8. The molecule has 17 heavy (non-hydrogen) atoms. The van der Waals surface area contributed by atoms with Crippen LogP contribution in [0.3, 0.4) is 0 Å². The van der Waals surface area contributed by atoms with Gasteiger partial charge in [-0.3, -0.25) is 10.00 Å². The molecule has 5 nitrogen and oxygen atoms in total. The van der Waals surface area contributed by atoms with E-state index >= 15 is 0 Å². The van der Waals surface area contributed by atoms with Crippen molar-refractivity contribution in [2.24, 2.45) is 0 Å². The van der Waals surface area contributed by atoms with Crippen LogP contribution in [0.4, 0.5) is 0 Å². The first-order valence-electron chi connectivity index (χ1n) is 5.41. The summed E-state index contributed by atoms with van der Waals surface area (Å²) < 4.78 is 6.44. The average Bonchev–Trinajstić information content (AvgIpc) is 2.61. The maximum absolute atomic E-state index is 11.8. The molecule has 6 heteroatoms. The molecule has 1 unspecified atom stereocenters. The van der Waals surface area contributed by atoms with E-state index in [0.29, 0.717) is 11.6 Å². The lowest BCUT2D eigenvalue weighted by molar-refractivity contribution is -0.149. The van der Waals surface area contributed by atoms with E-state index in [1.54, 1.807) is 17.8 Å². The molecule has 96 valence electrons. The van der Waals surface area contributed by atoms with Crippen molar-refractivity contribution < 1.29 is 9.53 Å². The topological polar surface area (TPSA) is 56.2 Å². The van der Waals surface area contributed by atoms with Gasteiger partial charge in [-0.2, -0.15) is 5.10 Å². The summed E-state index contributed by atoms with van der Waals surface area (Å²) in [7, 11) is 1.37. The molecule has 0 radical (unpaired) electrons. The van der Waals surface area contributed by atoms with Crippen molar-refractivity contribution >= 4 is 17.6 Å². The number of aromatic nitrogens is 2. The molecule has 1 N–H and O–H groups in total. The van der Waals surface area contributed by atoms with Crippen LogP contribution in [0.5, 0.6) is 0 Å². The van der Waals surface area contributed by atoms with Gasteiger partial charge in [-0.05, 0) is 20.8 Å². The Bertz CT molecular complexity index is 392. The zero-order valence-corrected chi connectivity index (χ0v) is 11.3. The van der Waals surface area contributed by atoms with Gasteiger partial charge < -0.3 is 4.74 Å². The SMILES string of the molecule is COC(=O)C(C)(Cn1cc(Cl)cn1)NC(C)C. The number of hydrogen-bond acceptors (Lipinski definition) is 4. The van der Waals surface area contributed by atoms with Gasteiger partial charge in [-0.25, -0.2) is 4.79 Å². The first-order chi connectivity index (χ1) is 7.87. The third-order valence-corrected chi connectivity index (χ3v) is 2.52. The Morgan fingerprint density at radius 3 is 2.76 bits per heavy atom. The van der Waals surface area contributed by atoms with Gasteiger partial charge in [0.1, 0.15) is 5.54 Å². The molecule has 0 aliphatic rings. The van der Waals surface area contributed by atoms with Crippen LogP contribution in [0.25, 0.3) is 0 Å². The van der Waals surface area contributed by atoms with Crippen LogP contribution in [0, 0.1) is 0 Å². The smallest absolute Gasteiger partial charge is 0.327 e. The lowest BCUT2D eigenvalue weighted by Crippen LogP contribution is -2.55. The molecular formula is C11H18ClN3O2. The first kappa shape index (κ1) is 14.0. The van der Waals surface area contributed by atoms with Gasteiger partial charge in [0.05, 0.1) is 24.9 Å². The average molecular weight is 260 g/mol. The van der Waals surface area contributed by atoms with E-state index in [9.17, 15) is 4.79 Å². The number of methoxy groups -OCH3 is 1. The van der Waals surface area contributed by atoms with Crippen LogP contribution in [0.2, 0.25) is 5.02 Å². The van der Waals surface area contributed by atoms with E-state index in [2.05, 4.69) is 10.4 Å². The number of carbonyl (C=O) groups excluding carboxylic acids is 1. The zero-order chi connectivity index (χ0) is 13.1. The Morgan fingerprint density at radius 2 is 2.35 bits per heavy atom. The minimum absolute atomic E-state index is 0.158. The second kappa shape index (κ2) is 5.51. The van der Waals surface area contributed by atoms with Crippen molar-refractivity contribution in [3.8, 4) is 0 Å². The molecule has 1 heterocycles. The third-order valence-electron chi connectivity index (χ3n) is 2.32. The van der Waals surface area contributed by atoms with E-state index in [-0.39, 0.29) is 12.0 Å². The van der Waals surface area contributed by atoms with Crippen LogP contribution < -0.4 is 5.32 Å². The number of nitrogens with zero attached hydrogens (tertiary/aromatic N) is 2. The molecule has 0 saturated heterocycles. The molecule has 1 rings (SSSR count). The Morgan fingerprint density at radius 1 is 1.71 bits per heavy atom. The fourth-order valence-electron chi connectivity index (χ4n) is 1.78. The van der Waals surface area contributed by atoms with Crippen LogP contribution in [-0.4, -0.2) is 34.4 Å². The van der Waals surface area contributed by atoms with Gasteiger partial charge in [0.15, 0.2) is 0 Å². The van der Waals surface area contributed by atoms with Crippen LogP contribution in [0.1, 0.15) is 20.8 Å². The van der Waals surface area contributed by atoms with Crippen molar-refractivity contribution in [2.75, 3.05) is 7.11 Å². The van der Waals surface area contributed by atoms with Crippen LogP contribution in [-0.2, 0) is 16.1 Å². The van der Waals surface area contributed by atoms with Gasteiger partial charge >= 0.3 is 5.97 Å². The number of carbonyl (C=O) groups is 1. The lowest BCUT2D eigenvalue weighted by Gasteiger charge is -2.30. The summed E-state index contributed by atoms with van der Waals surface area (Å²) in [5.41, 5.74) is -0.821. The van der Waals surface area contributed by atoms with Gasteiger partial charge in [0.25, 0.3) is 0 Å². The Labute approximate surface area is 106 Å². The quantitative estimate of drug-likeness (QED) is 0.814.